The average Bonchev–Trinajstić information content (AvgIpc) is 3.05. The molecule has 0 amide bonds. The van der Waals surface area contributed by atoms with Gasteiger partial charge in [0.05, 0.1) is 30.1 Å². The number of hydrogen-bond acceptors (Lipinski definition) is 10. The molecule has 0 aliphatic carbocycles. The van der Waals surface area contributed by atoms with Crippen molar-refractivity contribution in [3.63, 3.8) is 0 Å². The molecule has 2 aliphatic rings. The van der Waals surface area contributed by atoms with E-state index in [1.807, 2.05) is 12.1 Å². The Bertz CT molecular complexity index is 1530. The van der Waals surface area contributed by atoms with E-state index in [2.05, 4.69) is 30.1 Å². The van der Waals surface area contributed by atoms with E-state index in [1.165, 1.54) is 18.8 Å². The normalized spacial score (nSPS) is 18.0. The Labute approximate surface area is 257 Å². The Morgan fingerprint density at radius 3 is 2.61 bits per heavy atom. The molecule has 2 fully saturated rings. The first-order valence-corrected chi connectivity index (χ1v) is 15.5. The molecule has 0 saturated carbocycles. The van der Waals surface area contributed by atoms with Gasteiger partial charge in [-0.3, -0.25) is 9.88 Å². The van der Waals surface area contributed by atoms with Gasteiger partial charge in [0.25, 0.3) is 0 Å². The zero-order valence-electron chi connectivity index (χ0n) is 25.0. The predicted octanol–water partition coefficient (Wildman–Crippen LogP) is 5.09. The van der Waals surface area contributed by atoms with Crippen LogP contribution in [0.2, 0.25) is 0 Å². The number of anilines is 3. The number of hydrogen-bond donors (Lipinski definition) is 2. The number of nitrogens with one attached hydrogen (secondary N) is 1. The van der Waals surface area contributed by atoms with Crippen molar-refractivity contribution in [3.8, 4) is 17.0 Å². The van der Waals surface area contributed by atoms with E-state index >= 15 is 0 Å². The Morgan fingerprint density at radius 2 is 1.80 bits per heavy atom. The van der Waals surface area contributed by atoms with Crippen molar-refractivity contribution >= 4 is 28.1 Å². The maximum absolute atomic E-state index is 14.3. The lowest BCUT2D eigenvalue weighted by molar-refractivity contribution is -0.164. The van der Waals surface area contributed by atoms with Gasteiger partial charge in [0.15, 0.2) is 6.29 Å². The highest BCUT2D eigenvalue weighted by Gasteiger charge is 2.19. The first-order valence-electron chi connectivity index (χ1n) is 15.5. The standard InChI is InChI=1S/C33H40FN7O3/c34-27-7-2-1-6-25(27)29-20-24(9-10-36-29)39-33-26-21-28(35)31(22-30(26)37-23-38-33)42-18-5-11-40-12-14-41(15-13-40)16-19-44-32-8-3-4-17-43-32/h1-2,6-7,9-10,20-23,32H,3-5,8,11-19,35H2,(H,36,37,38,39). The van der Waals surface area contributed by atoms with Crippen LogP contribution in [0.25, 0.3) is 22.2 Å². The predicted molar refractivity (Wildman–Crippen MR) is 169 cm³/mol. The molecule has 4 heterocycles. The van der Waals surface area contributed by atoms with Crippen LogP contribution < -0.4 is 15.8 Å². The van der Waals surface area contributed by atoms with Crippen molar-refractivity contribution in [2.75, 3.05) is 70.1 Å². The molecule has 2 saturated heterocycles. The van der Waals surface area contributed by atoms with Gasteiger partial charge < -0.3 is 30.2 Å². The van der Waals surface area contributed by atoms with Crippen LogP contribution >= 0.6 is 0 Å². The summed E-state index contributed by atoms with van der Waals surface area (Å²) >= 11 is 0. The second-order valence-electron chi connectivity index (χ2n) is 11.2. The fourth-order valence-electron chi connectivity index (χ4n) is 5.65. The minimum atomic E-state index is -0.325. The number of benzene rings is 2. The van der Waals surface area contributed by atoms with Crippen LogP contribution in [-0.4, -0.2) is 90.1 Å². The molecule has 0 radical (unpaired) electrons. The largest absolute Gasteiger partial charge is 0.491 e. The molecule has 2 aliphatic heterocycles. The first kappa shape index (κ1) is 30.1. The van der Waals surface area contributed by atoms with E-state index in [1.54, 1.807) is 36.5 Å². The third-order valence-electron chi connectivity index (χ3n) is 8.13. The molecule has 11 heteroatoms. The maximum Gasteiger partial charge on any atom is 0.157 e. The number of nitrogens with two attached hydrogens (primary N) is 1. The summed E-state index contributed by atoms with van der Waals surface area (Å²) in [6.45, 7) is 8.24. The lowest BCUT2D eigenvalue weighted by Crippen LogP contribution is -2.47. The summed E-state index contributed by atoms with van der Waals surface area (Å²) in [6, 6.07) is 13.8. The van der Waals surface area contributed by atoms with Gasteiger partial charge in [0.1, 0.15) is 23.7 Å². The maximum atomic E-state index is 14.3. The SMILES string of the molecule is Nc1cc2c(Nc3ccnc(-c4ccccc4F)c3)ncnc2cc1OCCCN1CCN(CCOC2CCCCO2)CC1. The number of fused-ring (bicyclic) bond motifs is 1. The zero-order valence-corrected chi connectivity index (χ0v) is 25.0. The van der Waals surface area contributed by atoms with E-state index in [0.717, 1.165) is 82.8 Å². The van der Waals surface area contributed by atoms with E-state index in [4.69, 9.17) is 19.9 Å². The number of ether oxygens (including phenoxy) is 3. The van der Waals surface area contributed by atoms with Crippen LogP contribution in [0, 0.1) is 5.82 Å². The van der Waals surface area contributed by atoms with E-state index in [-0.39, 0.29) is 12.1 Å². The van der Waals surface area contributed by atoms with Gasteiger partial charge in [-0.05, 0) is 56.0 Å². The molecule has 3 N–H and O–H groups in total. The van der Waals surface area contributed by atoms with Crippen LogP contribution in [0.1, 0.15) is 25.7 Å². The van der Waals surface area contributed by atoms with E-state index < -0.39 is 0 Å². The van der Waals surface area contributed by atoms with Gasteiger partial charge in [-0.2, -0.15) is 0 Å². The minimum absolute atomic E-state index is 0.0122. The van der Waals surface area contributed by atoms with E-state index in [9.17, 15) is 4.39 Å². The second kappa shape index (κ2) is 14.7. The molecular formula is C33H40FN7O3. The van der Waals surface area contributed by atoms with E-state index in [0.29, 0.717) is 40.6 Å². The molecule has 1 atom stereocenters. The summed E-state index contributed by atoms with van der Waals surface area (Å²) in [5.41, 5.74) is 9.32. The Hall–Kier alpha value is -3.90. The highest BCUT2D eigenvalue weighted by atomic mass is 19.1. The Kier molecular flexibility index (Phi) is 10.1. The summed E-state index contributed by atoms with van der Waals surface area (Å²) in [5, 5.41) is 4.07. The fourth-order valence-corrected chi connectivity index (χ4v) is 5.65. The van der Waals surface area contributed by atoms with Gasteiger partial charge in [-0.25, -0.2) is 14.4 Å². The molecule has 0 bridgehead atoms. The molecular weight excluding hydrogens is 561 g/mol. The van der Waals surface area contributed by atoms with Crippen LogP contribution in [-0.2, 0) is 9.47 Å². The van der Waals surface area contributed by atoms with Crippen molar-refractivity contribution in [1.82, 2.24) is 24.8 Å². The number of piperazine rings is 1. The third-order valence-corrected chi connectivity index (χ3v) is 8.13. The third kappa shape index (κ3) is 7.78. The molecule has 2 aromatic carbocycles. The number of aromatic nitrogens is 3. The van der Waals surface area contributed by atoms with Gasteiger partial charge >= 0.3 is 0 Å². The average molecular weight is 602 g/mol. The molecule has 0 spiro atoms. The number of pyridine rings is 1. The minimum Gasteiger partial charge on any atom is -0.491 e. The molecule has 232 valence electrons. The lowest BCUT2D eigenvalue weighted by atomic mass is 10.1. The summed E-state index contributed by atoms with van der Waals surface area (Å²) in [6.07, 6.45) is 7.38. The van der Waals surface area contributed by atoms with Gasteiger partial charge in [-0.1, -0.05) is 12.1 Å². The highest BCUT2D eigenvalue weighted by Crippen LogP contribution is 2.32. The van der Waals surface area contributed by atoms with Crippen LogP contribution in [0.15, 0.2) is 61.1 Å². The first-order chi connectivity index (χ1) is 21.6. The number of halogens is 1. The second-order valence-corrected chi connectivity index (χ2v) is 11.2. The highest BCUT2D eigenvalue weighted by molar-refractivity contribution is 5.94. The topological polar surface area (TPSA) is 111 Å². The molecule has 10 nitrogen and oxygen atoms in total. The number of nitrogen functional groups attached to an aromatic ring is 1. The van der Waals surface area contributed by atoms with Gasteiger partial charge in [-0.15, -0.1) is 0 Å². The van der Waals surface area contributed by atoms with Crippen molar-refractivity contribution in [3.05, 3.63) is 66.9 Å². The zero-order chi connectivity index (χ0) is 30.1. The fraction of sp³-hybridized carbons (Fsp3) is 0.424. The van der Waals surface area contributed by atoms with Crippen molar-refractivity contribution in [2.45, 2.75) is 32.0 Å². The summed E-state index contributed by atoms with van der Waals surface area (Å²) < 4.78 is 32.0. The Balaban J connectivity index is 0.978. The van der Waals surface area contributed by atoms with Gasteiger partial charge in [0, 0.05) is 74.8 Å². The van der Waals surface area contributed by atoms with Gasteiger partial charge in [0.2, 0.25) is 0 Å². The molecule has 6 rings (SSSR count). The molecule has 44 heavy (non-hydrogen) atoms. The molecule has 4 aromatic rings. The van der Waals surface area contributed by atoms with Crippen LogP contribution in [0.5, 0.6) is 5.75 Å². The summed E-state index contributed by atoms with van der Waals surface area (Å²) in [5.74, 6) is 0.876. The van der Waals surface area contributed by atoms with Crippen molar-refractivity contribution in [1.29, 1.82) is 0 Å². The Morgan fingerprint density at radius 1 is 0.955 bits per heavy atom. The molecule has 1 unspecified atom stereocenters. The molecule has 2 aromatic heterocycles. The van der Waals surface area contributed by atoms with Crippen molar-refractivity contribution in [2.24, 2.45) is 0 Å². The lowest BCUT2D eigenvalue weighted by Gasteiger charge is -2.35. The van der Waals surface area contributed by atoms with Crippen LogP contribution in [0.4, 0.5) is 21.6 Å². The smallest absolute Gasteiger partial charge is 0.157 e. The quantitative estimate of drug-likeness (QED) is 0.168. The number of nitrogens with zero attached hydrogens (tertiary/aromatic N) is 5. The number of rotatable bonds is 12. The van der Waals surface area contributed by atoms with Crippen LogP contribution in [0.3, 0.4) is 0 Å². The summed E-state index contributed by atoms with van der Waals surface area (Å²) in [4.78, 5) is 18.1. The monoisotopic (exact) mass is 601 g/mol. The summed E-state index contributed by atoms with van der Waals surface area (Å²) in [7, 11) is 0. The van der Waals surface area contributed by atoms with Crippen molar-refractivity contribution < 1.29 is 18.6 Å².